The molecule has 0 aromatic heterocycles. The average molecular weight is 775 g/mol. The van der Waals surface area contributed by atoms with Crippen LogP contribution in [-0.2, 0) is 32.6 Å². The van der Waals surface area contributed by atoms with Gasteiger partial charge in [-0.25, -0.2) is 4.57 Å². The van der Waals surface area contributed by atoms with E-state index in [1.807, 2.05) is 0 Å². The summed E-state index contributed by atoms with van der Waals surface area (Å²) in [5.41, 5.74) is 0. The maximum Gasteiger partial charge on any atom is 0.472 e. The summed E-state index contributed by atoms with van der Waals surface area (Å²) in [5, 5.41) is 91.3. The first-order valence-electron chi connectivity index (χ1n) is 18.6. The number of carbonyl (C=O) groups excluding carboxylic acids is 1. The number of hydrogen-bond acceptors (Lipinski definition) is 16. The smallest absolute Gasteiger partial charge is 0.463 e. The molecule has 2 rings (SSSR count). The summed E-state index contributed by atoms with van der Waals surface area (Å²) in [5.74, 6) is -0.573. The topological polar surface area (TPSA) is 283 Å². The Morgan fingerprint density at radius 2 is 1.23 bits per heavy atom. The first-order valence-corrected chi connectivity index (χ1v) is 20.1. The second kappa shape index (κ2) is 25.1. The normalized spacial score (nSPS) is 32.9. The first kappa shape index (κ1) is 47.0. The van der Waals surface area contributed by atoms with Gasteiger partial charge < -0.3 is 65.1 Å². The Labute approximate surface area is 305 Å². The Morgan fingerprint density at radius 3 is 1.81 bits per heavy atom. The molecule has 0 aromatic rings. The molecule has 1 saturated heterocycles. The number of phosphoric ester groups is 1. The number of phosphoric acid groups is 1. The van der Waals surface area contributed by atoms with E-state index in [0.29, 0.717) is 6.42 Å². The van der Waals surface area contributed by atoms with Gasteiger partial charge in [0, 0.05) is 6.42 Å². The van der Waals surface area contributed by atoms with Crippen LogP contribution in [0.2, 0.25) is 0 Å². The molecule has 1 aliphatic carbocycles. The Bertz CT molecular complexity index is 1050. The van der Waals surface area contributed by atoms with E-state index in [1.165, 1.54) is 44.9 Å². The van der Waals surface area contributed by atoms with Crippen molar-refractivity contribution in [2.24, 2.45) is 0 Å². The highest BCUT2D eigenvalue weighted by atomic mass is 31.2. The first-order chi connectivity index (χ1) is 24.7. The van der Waals surface area contributed by atoms with E-state index in [2.05, 4.69) is 19.1 Å². The molecule has 306 valence electrons. The van der Waals surface area contributed by atoms with Gasteiger partial charge in [0.1, 0.15) is 73.8 Å². The maximum atomic E-state index is 12.7. The van der Waals surface area contributed by atoms with Crippen LogP contribution in [0.5, 0.6) is 0 Å². The summed E-state index contributed by atoms with van der Waals surface area (Å²) in [6, 6.07) is 0. The molecule has 18 heteroatoms. The second-order valence-corrected chi connectivity index (χ2v) is 15.0. The summed E-state index contributed by atoms with van der Waals surface area (Å²) in [7, 11) is -5.25. The van der Waals surface area contributed by atoms with Gasteiger partial charge in [0.25, 0.3) is 0 Å². The average Bonchev–Trinajstić information content (AvgIpc) is 3.12. The van der Waals surface area contributed by atoms with Gasteiger partial charge in [-0.05, 0) is 32.1 Å². The monoisotopic (exact) mass is 774 g/mol. The van der Waals surface area contributed by atoms with Crippen molar-refractivity contribution in [1.82, 2.24) is 0 Å². The Hall–Kier alpha value is -1.12. The Kier molecular flexibility index (Phi) is 22.7. The quantitative estimate of drug-likeness (QED) is 0.0247. The van der Waals surface area contributed by atoms with E-state index in [1.54, 1.807) is 0 Å². The standard InChI is InChI=1S/C34H63O17P/c1-2-3-4-5-6-7-8-9-10-11-12-13-14-15-16-17-18-24(37)47-20-22(36)21-48-52(45,46)51-33-30(43)28(41)27(40)29(42)32(33)50-34-31(44)26(39)25(38)23(19-35)49-34/h10-11,22-23,25-36,38-44H,2-9,12-21H2,1H3,(H,45,46)/b11-10-/t22-,23?,25-,26?,27-,28?,29?,30?,31-,32-,33-,34-/m1/s1. The molecular formula is C34H63O17P. The van der Waals surface area contributed by atoms with Crippen LogP contribution >= 0.6 is 7.82 Å². The van der Waals surface area contributed by atoms with Crippen LogP contribution in [0.1, 0.15) is 103 Å². The number of carbonyl (C=O) groups is 1. The molecule has 0 amide bonds. The molecule has 10 N–H and O–H groups in total. The largest absolute Gasteiger partial charge is 0.472 e. The highest BCUT2D eigenvalue weighted by Gasteiger charge is 2.55. The zero-order valence-corrected chi connectivity index (χ0v) is 31.0. The number of hydrogen-bond donors (Lipinski definition) is 10. The molecule has 0 aromatic carbocycles. The molecule has 2 aliphatic rings. The molecule has 0 bridgehead atoms. The molecular weight excluding hydrogens is 711 g/mol. The third-order valence-electron chi connectivity index (χ3n) is 9.20. The van der Waals surface area contributed by atoms with Crippen molar-refractivity contribution >= 4 is 13.8 Å². The van der Waals surface area contributed by atoms with Crippen LogP contribution in [0.4, 0.5) is 0 Å². The fourth-order valence-electron chi connectivity index (χ4n) is 5.99. The van der Waals surface area contributed by atoms with Gasteiger partial charge >= 0.3 is 13.8 Å². The molecule has 1 heterocycles. The molecule has 17 nitrogen and oxygen atoms in total. The van der Waals surface area contributed by atoms with E-state index in [4.69, 9.17) is 23.3 Å². The molecule has 13 atom stereocenters. The van der Waals surface area contributed by atoms with Gasteiger partial charge in [0.05, 0.1) is 13.2 Å². The molecule has 52 heavy (non-hydrogen) atoms. The van der Waals surface area contributed by atoms with Crippen molar-refractivity contribution in [2.75, 3.05) is 19.8 Å². The van der Waals surface area contributed by atoms with Crippen LogP contribution in [0, 0.1) is 0 Å². The van der Waals surface area contributed by atoms with Crippen molar-refractivity contribution in [1.29, 1.82) is 0 Å². The molecule has 0 spiro atoms. The predicted octanol–water partition coefficient (Wildman–Crippen LogP) is 0.463. The van der Waals surface area contributed by atoms with E-state index in [0.717, 1.165) is 38.5 Å². The Balaban J connectivity index is 1.69. The van der Waals surface area contributed by atoms with Crippen LogP contribution in [0.15, 0.2) is 12.2 Å². The molecule has 6 unspecified atom stereocenters. The zero-order chi connectivity index (χ0) is 38.7. The van der Waals surface area contributed by atoms with E-state index in [-0.39, 0.29) is 6.42 Å². The fourth-order valence-corrected chi connectivity index (χ4v) is 6.96. The van der Waals surface area contributed by atoms with E-state index < -0.39 is 107 Å². The van der Waals surface area contributed by atoms with E-state index >= 15 is 0 Å². The van der Waals surface area contributed by atoms with Gasteiger partial charge in [-0.3, -0.25) is 13.8 Å². The van der Waals surface area contributed by atoms with Gasteiger partial charge in [-0.15, -0.1) is 0 Å². The van der Waals surface area contributed by atoms with Gasteiger partial charge in [-0.2, -0.15) is 0 Å². The number of ether oxygens (including phenoxy) is 3. The van der Waals surface area contributed by atoms with Crippen molar-refractivity contribution in [3.8, 4) is 0 Å². The highest BCUT2D eigenvalue weighted by molar-refractivity contribution is 7.47. The number of aliphatic hydroxyl groups is 9. The number of esters is 1. The SMILES string of the molecule is CCCCCCCCC/C=C\CCCCCCCC(=O)OC[C@@H](O)COP(=O)(O)O[C@@H]1C(O)C(O)[C@@H](O)C(O)[C@H]1O[C@H]1OC(CO)[C@@H](O)C(O)[C@H]1O. The minimum absolute atomic E-state index is 0.124. The lowest BCUT2D eigenvalue weighted by molar-refractivity contribution is -0.338. The molecule has 1 aliphatic heterocycles. The van der Waals surface area contributed by atoms with Crippen molar-refractivity contribution in [2.45, 2.75) is 177 Å². The molecule has 2 fully saturated rings. The summed E-state index contributed by atoms with van der Waals surface area (Å²) in [6.45, 7) is -0.0651. The highest BCUT2D eigenvalue weighted by Crippen LogP contribution is 2.47. The van der Waals surface area contributed by atoms with Gasteiger partial charge in [0.2, 0.25) is 0 Å². The summed E-state index contributed by atoms with van der Waals surface area (Å²) in [4.78, 5) is 22.4. The van der Waals surface area contributed by atoms with Crippen molar-refractivity contribution in [3.63, 3.8) is 0 Å². The number of aliphatic hydroxyl groups excluding tert-OH is 9. The summed E-state index contributed by atoms with van der Waals surface area (Å²) in [6.07, 6.45) is -2.85. The minimum Gasteiger partial charge on any atom is -0.463 e. The van der Waals surface area contributed by atoms with Gasteiger partial charge in [-0.1, -0.05) is 76.9 Å². The molecule has 1 saturated carbocycles. The third kappa shape index (κ3) is 16.3. The van der Waals surface area contributed by atoms with Crippen molar-refractivity contribution < 1.29 is 83.5 Å². The number of rotatable bonds is 26. The van der Waals surface area contributed by atoms with Crippen LogP contribution in [0.25, 0.3) is 0 Å². The molecule has 0 radical (unpaired) electrons. The van der Waals surface area contributed by atoms with Crippen molar-refractivity contribution in [3.05, 3.63) is 12.2 Å². The summed E-state index contributed by atoms with van der Waals surface area (Å²) < 4.78 is 38.0. The lowest BCUT2D eigenvalue weighted by atomic mass is 9.84. The fraction of sp³-hybridized carbons (Fsp3) is 0.912. The van der Waals surface area contributed by atoms with E-state index in [9.17, 15) is 60.2 Å². The van der Waals surface area contributed by atoms with Crippen LogP contribution in [-0.4, -0.2) is 150 Å². The third-order valence-corrected chi connectivity index (χ3v) is 10.2. The number of unbranched alkanes of at least 4 members (excludes halogenated alkanes) is 12. The summed E-state index contributed by atoms with van der Waals surface area (Å²) >= 11 is 0. The lowest BCUT2D eigenvalue weighted by Gasteiger charge is -2.47. The maximum absolute atomic E-state index is 12.7. The van der Waals surface area contributed by atoms with Crippen LogP contribution < -0.4 is 0 Å². The second-order valence-electron chi connectivity index (χ2n) is 13.6. The van der Waals surface area contributed by atoms with Gasteiger partial charge in [0.15, 0.2) is 6.29 Å². The Morgan fingerprint density at radius 1 is 0.712 bits per heavy atom. The lowest BCUT2D eigenvalue weighted by Crippen LogP contribution is -2.67. The zero-order valence-electron chi connectivity index (χ0n) is 30.1. The minimum atomic E-state index is -5.25. The van der Waals surface area contributed by atoms with Crippen LogP contribution in [0.3, 0.4) is 0 Å². The predicted molar refractivity (Wildman–Crippen MR) is 184 cm³/mol. The number of allylic oxidation sites excluding steroid dienone is 2.